The van der Waals surface area contributed by atoms with Crippen LogP contribution in [0.3, 0.4) is 0 Å². The van der Waals surface area contributed by atoms with Crippen LogP contribution >= 0.6 is 23.1 Å². The quantitative estimate of drug-likeness (QED) is 0.279. The van der Waals surface area contributed by atoms with E-state index in [1.807, 2.05) is 31.4 Å². The van der Waals surface area contributed by atoms with Crippen LogP contribution in [0.2, 0.25) is 0 Å². The molecule has 0 bridgehead atoms. The Hall–Kier alpha value is -2.72. The van der Waals surface area contributed by atoms with Crippen molar-refractivity contribution < 1.29 is 9.26 Å². The van der Waals surface area contributed by atoms with Gasteiger partial charge in [-0.3, -0.25) is 0 Å². The Labute approximate surface area is 213 Å². The summed E-state index contributed by atoms with van der Waals surface area (Å²) < 4.78 is 11.8. The molecule has 0 spiro atoms. The Morgan fingerprint density at radius 2 is 1.86 bits per heavy atom. The van der Waals surface area contributed by atoms with E-state index in [0.29, 0.717) is 17.1 Å². The Morgan fingerprint density at radius 3 is 2.54 bits per heavy atom. The minimum Gasteiger partial charge on any atom is -0.467 e. The van der Waals surface area contributed by atoms with E-state index in [1.165, 1.54) is 11.3 Å². The molecule has 5 heterocycles. The summed E-state index contributed by atoms with van der Waals surface area (Å²) in [6.07, 6.45) is 4.11. The molecule has 35 heavy (non-hydrogen) atoms. The highest BCUT2D eigenvalue weighted by atomic mass is 32.2. The summed E-state index contributed by atoms with van der Waals surface area (Å²) in [5.41, 5.74) is 3.79. The average Bonchev–Trinajstić information content (AvgIpc) is 3.51. The van der Waals surface area contributed by atoms with Gasteiger partial charge in [0.1, 0.15) is 16.5 Å². The van der Waals surface area contributed by atoms with Gasteiger partial charge in [-0.1, -0.05) is 30.3 Å². The van der Waals surface area contributed by atoms with E-state index < -0.39 is 0 Å². The highest BCUT2D eigenvalue weighted by Gasteiger charge is 2.28. The van der Waals surface area contributed by atoms with Crippen LogP contribution in [0, 0.1) is 12.8 Å². The maximum absolute atomic E-state index is 6.30. The second-order valence-corrected chi connectivity index (χ2v) is 11.0. The van der Waals surface area contributed by atoms with Crippen molar-refractivity contribution >= 4 is 39.5 Å². The molecule has 0 unspecified atom stereocenters. The van der Waals surface area contributed by atoms with Gasteiger partial charge in [-0.05, 0) is 63.1 Å². The van der Waals surface area contributed by atoms with Gasteiger partial charge in [-0.2, -0.15) is 4.98 Å². The maximum Gasteiger partial charge on any atom is 0.324 e. The van der Waals surface area contributed by atoms with Crippen LogP contribution in [-0.4, -0.2) is 50.5 Å². The molecule has 8 nitrogen and oxygen atoms in total. The number of anilines is 1. The smallest absolute Gasteiger partial charge is 0.324 e. The lowest BCUT2D eigenvalue weighted by Crippen LogP contribution is -2.38. The normalized spacial score (nSPS) is 15.8. The van der Waals surface area contributed by atoms with E-state index in [2.05, 4.69) is 51.8 Å². The van der Waals surface area contributed by atoms with Crippen molar-refractivity contribution in [2.45, 2.75) is 57.6 Å². The highest BCUT2D eigenvalue weighted by Crippen LogP contribution is 2.33. The summed E-state index contributed by atoms with van der Waals surface area (Å²) in [6, 6.07) is 8.78. The lowest BCUT2D eigenvalue weighted by molar-refractivity contribution is 0.131. The largest absolute Gasteiger partial charge is 0.467 e. The van der Waals surface area contributed by atoms with Crippen molar-refractivity contribution in [1.29, 1.82) is 0 Å². The average molecular weight is 511 g/mol. The number of piperidine rings is 1. The fourth-order valence-electron chi connectivity index (χ4n) is 4.32. The van der Waals surface area contributed by atoms with E-state index in [9.17, 15) is 0 Å². The molecule has 1 aliphatic heterocycles. The van der Waals surface area contributed by atoms with Crippen LogP contribution in [0.15, 0.2) is 33.8 Å². The first-order valence-electron chi connectivity index (χ1n) is 12.0. The molecule has 0 N–H and O–H groups in total. The summed E-state index contributed by atoms with van der Waals surface area (Å²) in [4.78, 5) is 21.8. The number of thioether (sulfide) groups is 1. The molecule has 0 saturated carbocycles. The van der Waals surface area contributed by atoms with Gasteiger partial charge in [0.25, 0.3) is 5.19 Å². The van der Waals surface area contributed by atoms with Gasteiger partial charge in [0.2, 0.25) is 0 Å². The lowest BCUT2D eigenvalue weighted by Gasteiger charge is -2.33. The third kappa shape index (κ3) is 5.13. The van der Waals surface area contributed by atoms with E-state index in [0.717, 1.165) is 64.1 Å². The number of rotatable bonds is 7. The molecule has 1 aliphatic rings. The van der Waals surface area contributed by atoms with E-state index in [1.54, 1.807) is 11.8 Å². The van der Waals surface area contributed by atoms with Crippen molar-refractivity contribution in [1.82, 2.24) is 25.1 Å². The van der Waals surface area contributed by atoms with Crippen molar-refractivity contribution in [3.8, 4) is 16.5 Å². The molecule has 1 fully saturated rings. The van der Waals surface area contributed by atoms with Gasteiger partial charge in [0.05, 0.1) is 10.7 Å². The van der Waals surface area contributed by atoms with Gasteiger partial charge >= 0.3 is 6.01 Å². The lowest BCUT2D eigenvalue weighted by atomic mass is 9.92. The van der Waals surface area contributed by atoms with E-state index in [-0.39, 0.29) is 12.0 Å². The Kier molecular flexibility index (Phi) is 6.93. The van der Waals surface area contributed by atoms with Gasteiger partial charge < -0.3 is 14.2 Å². The topological polar surface area (TPSA) is 90.1 Å². The molecule has 184 valence electrons. The summed E-state index contributed by atoms with van der Waals surface area (Å²) in [7, 11) is 0. The summed E-state index contributed by atoms with van der Waals surface area (Å²) in [5, 5.41) is 5.77. The SMILES string of the molecule is CSc1ccc(-c2ccc3nc(O[C@@H](C)C4CCN(c5nc(C(C)C)no5)CC4)sc3n2)c(C)n1. The molecule has 0 radical (unpaired) electrons. The number of aryl methyl sites for hydroxylation is 1. The number of hydrogen-bond acceptors (Lipinski definition) is 10. The second kappa shape index (κ2) is 10.1. The van der Waals surface area contributed by atoms with Crippen LogP contribution in [-0.2, 0) is 0 Å². The van der Waals surface area contributed by atoms with Gasteiger partial charge in [-0.15, -0.1) is 11.8 Å². The monoisotopic (exact) mass is 510 g/mol. The molecule has 0 aromatic carbocycles. The molecule has 1 atom stereocenters. The zero-order chi connectivity index (χ0) is 24.5. The van der Waals surface area contributed by atoms with Gasteiger partial charge in [0.15, 0.2) is 5.82 Å². The Morgan fingerprint density at radius 1 is 1.06 bits per heavy atom. The molecule has 10 heteroatoms. The molecule has 5 rings (SSSR count). The third-order valence-electron chi connectivity index (χ3n) is 6.49. The number of nitrogens with zero attached hydrogens (tertiary/aromatic N) is 6. The van der Waals surface area contributed by atoms with Crippen molar-refractivity contribution in [2.75, 3.05) is 24.2 Å². The van der Waals surface area contributed by atoms with Crippen LogP contribution in [0.4, 0.5) is 6.01 Å². The zero-order valence-electron chi connectivity index (χ0n) is 20.7. The first-order valence-corrected chi connectivity index (χ1v) is 14.0. The number of pyridine rings is 2. The standard InChI is InChI=1S/C25H30N6O2S2/c1-14(2)22-29-24(33-30-22)31-12-10-17(11-13-31)16(4)32-25-28-20-8-7-19(27-23(20)35-25)18-6-9-21(34-5)26-15(18)3/h6-9,14,16-17H,10-13H2,1-5H3/t16-/m0/s1. The van der Waals surface area contributed by atoms with Crippen LogP contribution in [0.5, 0.6) is 5.19 Å². The van der Waals surface area contributed by atoms with Gasteiger partial charge in [-0.25, -0.2) is 15.0 Å². The van der Waals surface area contributed by atoms with Crippen LogP contribution in [0.1, 0.15) is 51.0 Å². The number of aromatic nitrogens is 5. The van der Waals surface area contributed by atoms with Crippen molar-refractivity contribution in [3.63, 3.8) is 0 Å². The molecule has 4 aromatic rings. The molecule has 4 aromatic heterocycles. The maximum atomic E-state index is 6.30. The molecular formula is C25H30N6O2S2. The minimum absolute atomic E-state index is 0.0663. The third-order valence-corrected chi connectivity index (χ3v) is 7.99. The second-order valence-electron chi connectivity index (χ2n) is 9.22. The van der Waals surface area contributed by atoms with Crippen molar-refractivity contribution in [3.05, 3.63) is 35.8 Å². The predicted octanol–water partition coefficient (Wildman–Crippen LogP) is 5.97. The predicted molar refractivity (Wildman–Crippen MR) is 141 cm³/mol. The minimum atomic E-state index is 0.0663. The fourth-order valence-corrected chi connectivity index (χ4v) is 5.63. The van der Waals surface area contributed by atoms with Gasteiger partial charge in [0, 0.05) is 30.3 Å². The Balaban J connectivity index is 1.23. The van der Waals surface area contributed by atoms with Crippen LogP contribution < -0.4 is 9.64 Å². The Bertz CT molecular complexity index is 1310. The number of thiazole rings is 1. The number of fused-ring (bicyclic) bond motifs is 1. The first kappa shape index (κ1) is 24.0. The van der Waals surface area contributed by atoms with Crippen molar-refractivity contribution in [2.24, 2.45) is 5.92 Å². The number of hydrogen-bond donors (Lipinski definition) is 0. The molecule has 0 aliphatic carbocycles. The summed E-state index contributed by atoms with van der Waals surface area (Å²) in [6.45, 7) is 10.1. The fraction of sp³-hybridized carbons (Fsp3) is 0.480. The highest BCUT2D eigenvalue weighted by molar-refractivity contribution is 7.98. The number of ether oxygens (including phenoxy) is 1. The summed E-state index contributed by atoms with van der Waals surface area (Å²) >= 11 is 3.14. The first-order chi connectivity index (χ1) is 16.9. The van der Waals surface area contributed by atoms with E-state index in [4.69, 9.17) is 14.2 Å². The molecular weight excluding hydrogens is 480 g/mol. The van der Waals surface area contributed by atoms with Crippen LogP contribution in [0.25, 0.3) is 21.6 Å². The molecule has 0 amide bonds. The van der Waals surface area contributed by atoms with E-state index >= 15 is 0 Å². The molecule has 1 saturated heterocycles. The summed E-state index contributed by atoms with van der Waals surface area (Å²) in [5.74, 6) is 1.46. The zero-order valence-corrected chi connectivity index (χ0v) is 22.3.